The normalized spacial score (nSPS) is 12.2. The minimum Gasteiger partial charge on any atom is -0.351 e. The van der Waals surface area contributed by atoms with Gasteiger partial charge in [0.15, 0.2) is 5.69 Å². The molecule has 154 valence electrons. The number of alkyl halides is 3. The standard InChI is InChI=1S/C20H27F3N4O/c1-13(2)26(14(3)4)11-10-24-19(28)17-12-25-27(18(17)20(21,22)23)16-8-6-15(5)7-9-16/h6-9,12-14H,10-11H2,1-5H3,(H,24,28). The fourth-order valence-corrected chi connectivity index (χ4v) is 3.18. The van der Waals surface area contributed by atoms with Crippen molar-refractivity contribution in [1.82, 2.24) is 20.0 Å². The molecule has 0 radical (unpaired) electrons. The van der Waals surface area contributed by atoms with Gasteiger partial charge in [-0.05, 0) is 46.8 Å². The van der Waals surface area contributed by atoms with Gasteiger partial charge in [-0.2, -0.15) is 18.3 Å². The van der Waals surface area contributed by atoms with E-state index in [4.69, 9.17) is 0 Å². The quantitative estimate of drug-likeness (QED) is 0.768. The summed E-state index contributed by atoms with van der Waals surface area (Å²) in [7, 11) is 0. The van der Waals surface area contributed by atoms with E-state index in [1.54, 1.807) is 24.3 Å². The van der Waals surface area contributed by atoms with Crippen LogP contribution in [0.3, 0.4) is 0 Å². The minimum atomic E-state index is -4.71. The molecule has 28 heavy (non-hydrogen) atoms. The largest absolute Gasteiger partial charge is 0.434 e. The molecule has 0 unspecified atom stereocenters. The second-order valence-electron chi connectivity index (χ2n) is 7.33. The molecular weight excluding hydrogens is 369 g/mol. The first-order valence-corrected chi connectivity index (χ1v) is 9.28. The average Bonchev–Trinajstić information content (AvgIpc) is 3.04. The van der Waals surface area contributed by atoms with Crippen LogP contribution in [0.4, 0.5) is 13.2 Å². The third-order valence-electron chi connectivity index (χ3n) is 4.54. The zero-order chi connectivity index (χ0) is 21.1. The van der Waals surface area contributed by atoms with Gasteiger partial charge in [-0.3, -0.25) is 9.69 Å². The van der Waals surface area contributed by atoms with Crippen molar-refractivity contribution in [2.45, 2.75) is 52.9 Å². The van der Waals surface area contributed by atoms with Crippen LogP contribution in [0.5, 0.6) is 0 Å². The molecule has 0 aliphatic carbocycles. The molecule has 5 nitrogen and oxygen atoms in total. The molecule has 1 N–H and O–H groups in total. The monoisotopic (exact) mass is 396 g/mol. The number of benzene rings is 1. The molecule has 2 rings (SSSR count). The van der Waals surface area contributed by atoms with E-state index in [1.165, 1.54) is 0 Å². The first-order valence-electron chi connectivity index (χ1n) is 9.28. The second-order valence-corrected chi connectivity index (χ2v) is 7.33. The number of nitrogens with zero attached hydrogens (tertiary/aromatic N) is 3. The Morgan fingerprint density at radius 2 is 1.71 bits per heavy atom. The van der Waals surface area contributed by atoms with Gasteiger partial charge in [0.1, 0.15) is 0 Å². The van der Waals surface area contributed by atoms with Crippen LogP contribution in [-0.2, 0) is 6.18 Å². The zero-order valence-corrected chi connectivity index (χ0v) is 16.8. The summed E-state index contributed by atoms with van der Waals surface area (Å²) in [5.41, 5.74) is -0.378. The molecule has 1 amide bonds. The fourth-order valence-electron chi connectivity index (χ4n) is 3.18. The van der Waals surface area contributed by atoms with Crippen LogP contribution >= 0.6 is 0 Å². The summed E-state index contributed by atoms with van der Waals surface area (Å²) in [4.78, 5) is 14.6. The van der Waals surface area contributed by atoms with Gasteiger partial charge in [-0.25, -0.2) is 4.68 Å². The number of nitrogens with one attached hydrogen (secondary N) is 1. The lowest BCUT2D eigenvalue weighted by atomic mass is 10.2. The van der Waals surface area contributed by atoms with Crippen molar-refractivity contribution in [3.63, 3.8) is 0 Å². The van der Waals surface area contributed by atoms with Crippen LogP contribution in [0.15, 0.2) is 30.5 Å². The molecule has 8 heteroatoms. The number of aryl methyl sites for hydroxylation is 1. The maximum atomic E-state index is 13.7. The van der Waals surface area contributed by atoms with E-state index >= 15 is 0 Å². The number of carbonyl (C=O) groups is 1. The third kappa shape index (κ3) is 5.13. The van der Waals surface area contributed by atoms with Crippen molar-refractivity contribution in [3.8, 4) is 5.69 Å². The molecule has 0 fully saturated rings. The van der Waals surface area contributed by atoms with Crippen LogP contribution < -0.4 is 5.32 Å². The lowest BCUT2D eigenvalue weighted by molar-refractivity contribution is -0.143. The van der Waals surface area contributed by atoms with Crippen molar-refractivity contribution in [1.29, 1.82) is 0 Å². The average molecular weight is 396 g/mol. The van der Waals surface area contributed by atoms with Gasteiger partial charge in [-0.15, -0.1) is 0 Å². The molecule has 0 aliphatic heterocycles. The van der Waals surface area contributed by atoms with Crippen LogP contribution in [0.1, 0.15) is 49.3 Å². The van der Waals surface area contributed by atoms with Crippen molar-refractivity contribution >= 4 is 5.91 Å². The highest BCUT2D eigenvalue weighted by Gasteiger charge is 2.40. The van der Waals surface area contributed by atoms with Gasteiger partial charge < -0.3 is 5.32 Å². The molecule has 0 bridgehead atoms. The highest BCUT2D eigenvalue weighted by Crippen LogP contribution is 2.33. The third-order valence-corrected chi connectivity index (χ3v) is 4.54. The molecule has 0 spiro atoms. The minimum absolute atomic E-state index is 0.252. The fraction of sp³-hybridized carbons (Fsp3) is 0.500. The molecule has 1 aromatic heterocycles. The summed E-state index contributed by atoms with van der Waals surface area (Å²) in [6, 6.07) is 7.02. The Hall–Kier alpha value is -2.35. The molecule has 1 aromatic carbocycles. The predicted molar refractivity (Wildman–Crippen MR) is 103 cm³/mol. The number of hydrogen-bond donors (Lipinski definition) is 1. The summed E-state index contributed by atoms with van der Waals surface area (Å²) >= 11 is 0. The SMILES string of the molecule is Cc1ccc(-n2ncc(C(=O)NCCN(C(C)C)C(C)C)c2C(F)(F)F)cc1. The summed E-state index contributed by atoms with van der Waals surface area (Å²) < 4.78 is 41.8. The van der Waals surface area contributed by atoms with Crippen molar-refractivity contribution in [2.75, 3.05) is 13.1 Å². The number of rotatable bonds is 7. The predicted octanol–water partition coefficient (Wildman–Crippen LogP) is 4.05. The van der Waals surface area contributed by atoms with E-state index in [9.17, 15) is 18.0 Å². The van der Waals surface area contributed by atoms with Crippen molar-refractivity contribution in [2.24, 2.45) is 0 Å². The Morgan fingerprint density at radius 1 is 1.14 bits per heavy atom. The molecule has 2 aromatic rings. The zero-order valence-electron chi connectivity index (χ0n) is 16.8. The summed E-state index contributed by atoms with van der Waals surface area (Å²) in [6.07, 6.45) is -3.74. The van der Waals surface area contributed by atoms with Gasteiger partial charge >= 0.3 is 6.18 Å². The Bertz CT molecular complexity index is 787. The maximum Gasteiger partial charge on any atom is 0.434 e. The smallest absolute Gasteiger partial charge is 0.351 e. The summed E-state index contributed by atoms with van der Waals surface area (Å²) in [6.45, 7) is 10.8. The van der Waals surface area contributed by atoms with Gasteiger partial charge in [-0.1, -0.05) is 17.7 Å². The number of amides is 1. The van der Waals surface area contributed by atoms with E-state index in [0.29, 0.717) is 6.54 Å². The van der Waals surface area contributed by atoms with Crippen LogP contribution in [0.25, 0.3) is 5.69 Å². The van der Waals surface area contributed by atoms with Gasteiger partial charge in [0.25, 0.3) is 5.91 Å². The first kappa shape index (κ1) is 21.9. The van der Waals surface area contributed by atoms with Crippen molar-refractivity contribution < 1.29 is 18.0 Å². The first-order chi connectivity index (χ1) is 13.0. The Balaban J connectivity index is 2.23. The number of halogens is 3. The van der Waals surface area contributed by atoms with E-state index in [2.05, 4.69) is 15.3 Å². The molecule has 0 saturated carbocycles. The van der Waals surface area contributed by atoms with Gasteiger partial charge in [0.2, 0.25) is 0 Å². The summed E-state index contributed by atoms with van der Waals surface area (Å²) in [5.74, 6) is -0.779. The Kier molecular flexibility index (Phi) is 6.87. The lowest BCUT2D eigenvalue weighted by Crippen LogP contribution is -2.42. The van der Waals surface area contributed by atoms with Gasteiger partial charge in [0, 0.05) is 25.2 Å². The van der Waals surface area contributed by atoms with Crippen LogP contribution in [-0.4, -0.2) is 45.8 Å². The molecular formula is C20H27F3N4O. The molecule has 0 aliphatic rings. The van der Waals surface area contributed by atoms with E-state index in [0.717, 1.165) is 16.4 Å². The molecule has 0 atom stereocenters. The Morgan fingerprint density at radius 3 is 2.21 bits per heavy atom. The van der Waals surface area contributed by atoms with E-state index in [-0.39, 0.29) is 24.3 Å². The van der Waals surface area contributed by atoms with Gasteiger partial charge in [0.05, 0.1) is 17.4 Å². The topological polar surface area (TPSA) is 50.2 Å². The lowest BCUT2D eigenvalue weighted by Gasteiger charge is -2.30. The van der Waals surface area contributed by atoms with Crippen molar-refractivity contribution in [3.05, 3.63) is 47.3 Å². The summed E-state index contributed by atoms with van der Waals surface area (Å²) in [5, 5.41) is 6.42. The molecule has 0 saturated heterocycles. The second kappa shape index (κ2) is 8.77. The number of hydrogen-bond acceptors (Lipinski definition) is 3. The number of aromatic nitrogens is 2. The highest BCUT2D eigenvalue weighted by molar-refractivity contribution is 5.95. The van der Waals surface area contributed by atoms with E-state index in [1.807, 2.05) is 34.6 Å². The maximum absolute atomic E-state index is 13.7. The number of carbonyl (C=O) groups excluding carboxylic acids is 1. The Labute approximate surface area is 163 Å². The molecule has 1 heterocycles. The van der Waals surface area contributed by atoms with Crippen LogP contribution in [0, 0.1) is 6.92 Å². The highest BCUT2D eigenvalue weighted by atomic mass is 19.4. The van der Waals surface area contributed by atoms with E-state index < -0.39 is 23.3 Å². The van der Waals surface area contributed by atoms with Crippen LogP contribution in [0.2, 0.25) is 0 Å².